The summed E-state index contributed by atoms with van der Waals surface area (Å²) < 4.78 is 0. The van der Waals surface area contributed by atoms with Crippen molar-refractivity contribution in [2.75, 3.05) is 0 Å². The third-order valence-electron chi connectivity index (χ3n) is 4.32. The number of rotatable bonds is 2. The minimum Gasteiger partial charge on any atom is -0.268 e. The Labute approximate surface area is 141 Å². The summed E-state index contributed by atoms with van der Waals surface area (Å²) in [7, 11) is 0. The fourth-order valence-electron chi connectivity index (χ4n) is 3.09. The van der Waals surface area contributed by atoms with Crippen LogP contribution in [0.25, 0.3) is 0 Å². The summed E-state index contributed by atoms with van der Waals surface area (Å²) in [6.45, 7) is 9.67. The Morgan fingerprint density at radius 1 is 1.00 bits per heavy atom. The SMILES string of the molecule is Cc1ccc2c(c1)CC(CC(C)C)N(N)C2.Cc1ccccc1. The van der Waals surface area contributed by atoms with Gasteiger partial charge in [0.15, 0.2) is 0 Å². The molecule has 2 heteroatoms. The van der Waals surface area contributed by atoms with E-state index < -0.39 is 0 Å². The second kappa shape index (κ2) is 8.28. The van der Waals surface area contributed by atoms with E-state index in [-0.39, 0.29) is 0 Å². The highest BCUT2D eigenvalue weighted by Crippen LogP contribution is 2.25. The predicted octanol–water partition coefficient (Wildman–Crippen LogP) is 4.64. The molecule has 1 aliphatic heterocycles. The van der Waals surface area contributed by atoms with E-state index in [9.17, 15) is 0 Å². The van der Waals surface area contributed by atoms with Crippen LogP contribution in [0.1, 0.15) is 42.5 Å². The molecule has 124 valence electrons. The Morgan fingerprint density at radius 2 is 1.70 bits per heavy atom. The molecule has 0 aliphatic carbocycles. The first kappa shape index (κ1) is 17.7. The zero-order valence-corrected chi connectivity index (χ0v) is 14.9. The number of nitrogens with zero attached hydrogens (tertiary/aromatic N) is 1. The van der Waals surface area contributed by atoms with Crippen molar-refractivity contribution in [1.82, 2.24) is 5.01 Å². The number of nitrogens with two attached hydrogens (primary N) is 1. The highest BCUT2D eigenvalue weighted by atomic mass is 15.4. The molecule has 1 atom stereocenters. The predicted molar refractivity (Wildman–Crippen MR) is 99.0 cm³/mol. The molecule has 0 fully saturated rings. The average molecular weight is 310 g/mol. The van der Waals surface area contributed by atoms with Crippen molar-refractivity contribution in [2.24, 2.45) is 11.8 Å². The fourth-order valence-corrected chi connectivity index (χ4v) is 3.09. The summed E-state index contributed by atoms with van der Waals surface area (Å²) in [6, 6.07) is 17.5. The number of hydrazine groups is 1. The summed E-state index contributed by atoms with van der Waals surface area (Å²) in [4.78, 5) is 0. The molecule has 0 amide bonds. The van der Waals surface area contributed by atoms with Gasteiger partial charge >= 0.3 is 0 Å². The molecular weight excluding hydrogens is 280 g/mol. The molecule has 0 aromatic heterocycles. The third kappa shape index (κ3) is 5.49. The quantitative estimate of drug-likeness (QED) is 0.819. The molecular formula is C21H30N2. The van der Waals surface area contributed by atoms with Gasteiger partial charge in [-0.3, -0.25) is 5.84 Å². The number of hydrogen-bond acceptors (Lipinski definition) is 2. The Hall–Kier alpha value is -1.64. The molecule has 2 nitrogen and oxygen atoms in total. The third-order valence-corrected chi connectivity index (χ3v) is 4.32. The van der Waals surface area contributed by atoms with Crippen molar-refractivity contribution in [3.8, 4) is 0 Å². The van der Waals surface area contributed by atoms with Crippen LogP contribution in [0.2, 0.25) is 0 Å². The number of fused-ring (bicyclic) bond motifs is 1. The van der Waals surface area contributed by atoms with E-state index >= 15 is 0 Å². The lowest BCUT2D eigenvalue weighted by molar-refractivity contribution is 0.153. The summed E-state index contributed by atoms with van der Waals surface area (Å²) in [5, 5.41) is 2.01. The number of benzene rings is 2. The lowest BCUT2D eigenvalue weighted by atomic mass is 9.89. The van der Waals surface area contributed by atoms with Crippen LogP contribution < -0.4 is 5.84 Å². The Bertz CT molecular complexity index is 604. The van der Waals surface area contributed by atoms with Crippen molar-refractivity contribution in [3.05, 3.63) is 70.8 Å². The zero-order valence-electron chi connectivity index (χ0n) is 14.9. The van der Waals surface area contributed by atoms with Gasteiger partial charge in [0.1, 0.15) is 0 Å². The van der Waals surface area contributed by atoms with E-state index in [0.29, 0.717) is 12.0 Å². The van der Waals surface area contributed by atoms with Crippen molar-refractivity contribution < 1.29 is 0 Å². The van der Waals surface area contributed by atoms with E-state index in [0.717, 1.165) is 13.0 Å². The van der Waals surface area contributed by atoms with Gasteiger partial charge in [0.05, 0.1) is 0 Å². The van der Waals surface area contributed by atoms with Gasteiger partial charge in [-0.25, -0.2) is 5.01 Å². The van der Waals surface area contributed by atoms with Crippen LogP contribution in [-0.2, 0) is 13.0 Å². The molecule has 23 heavy (non-hydrogen) atoms. The van der Waals surface area contributed by atoms with E-state index in [4.69, 9.17) is 5.84 Å². The van der Waals surface area contributed by atoms with Gasteiger partial charge < -0.3 is 0 Å². The maximum absolute atomic E-state index is 6.11. The van der Waals surface area contributed by atoms with E-state index in [1.54, 1.807) is 0 Å². The smallest absolute Gasteiger partial charge is 0.0385 e. The molecule has 2 aromatic carbocycles. The topological polar surface area (TPSA) is 29.3 Å². The first-order chi connectivity index (χ1) is 11.0. The van der Waals surface area contributed by atoms with E-state index in [1.807, 2.05) is 23.2 Å². The summed E-state index contributed by atoms with van der Waals surface area (Å²) in [5.74, 6) is 6.82. The molecule has 1 unspecified atom stereocenters. The molecule has 0 bridgehead atoms. The lowest BCUT2D eigenvalue weighted by Crippen LogP contribution is -2.45. The van der Waals surface area contributed by atoms with Gasteiger partial charge in [-0.15, -0.1) is 0 Å². The first-order valence-corrected chi connectivity index (χ1v) is 8.57. The van der Waals surface area contributed by atoms with Crippen LogP contribution in [-0.4, -0.2) is 11.1 Å². The molecule has 1 heterocycles. The standard InChI is InChI=1S/C14H22N2.C7H8/c1-10(2)6-14-8-13-7-11(3)4-5-12(13)9-16(14)15;1-7-5-3-2-4-6-7/h4-5,7,10,14H,6,8-9,15H2,1-3H3;2-6H,1H3. The molecule has 0 saturated carbocycles. The second-order valence-electron chi connectivity index (χ2n) is 7.09. The van der Waals surface area contributed by atoms with Gasteiger partial charge in [-0.1, -0.05) is 73.5 Å². The monoisotopic (exact) mass is 310 g/mol. The second-order valence-corrected chi connectivity index (χ2v) is 7.09. The van der Waals surface area contributed by atoms with Crippen LogP contribution in [0.4, 0.5) is 0 Å². The van der Waals surface area contributed by atoms with E-state index in [2.05, 4.69) is 58.0 Å². The maximum atomic E-state index is 6.11. The van der Waals surface area contributed by atoms with Gasteiger partial charge in [-0.05, 0) is 43.7 Å². The van der Waals surface area contributed by atoms with Crippen molar-refractivity contribution >= 4 is 0 Å². The average Bonchev–Trinajstić information content (AvgIpc) is 2.49. The fraction of sp³-hybridized carbons (Fsp3) is 0.429. The molecule has 2 aromatic rings. The maximum Gasteiger partial charge on any atom is 0.0385 e. The normalized spacial score (nSPS) is 17.4. The van der Waals surface area contributed by atoms with Crippen LogP contribution >= 0.6 is 0 Å². The Balaban J connectivity index is 0.000000229. The number of aryl methyl sites for hydroxylation is 2. The van der Waals surface area contributed by atoms with Crippen LogP contribution in [0.15, 0.2) is 48.5 Å². The molecule has 0 saturated heterocycles. The summed E-state index contributed by atoms with van der Waals surface area (Å²) >= 11 is 0. The Morgan fingerprint density at radius 3 is 2.26 bits per heavy atom. The molecule has 0 spiro atoms. The summed E-state index contributed by atoms with van der Waals surface area (Å²) in [5.41, 5.74) is 5.57. The molecule has 0 radical (unpaired) electrons. The molecule has 1 aliphatic rings. The van der Waals surface area contributed by atoms with Gasteiger partial charge in [0.25, 0.3) is 0 Å². The van der Waals surface area contributed by atoms with Crippen LogP contribution in [0.5, 0.6) is 0 Å². The van der Waals surface area contributed by atoms with Crippen LogP contribution in [0.3, 0.4) is 0 Å². The summed E-state index contributed by atoms with van der Waals surface area (Å²) in [6.07, 6.45) is 2.29. The largest absolute Gasteiger partial charge is 0.268 e. The van der Waals surface area contributed by atoms with Crippen molar-refractivity contribution in [1.29, 1.82) is 0 Å². The zero-order chi connectivity index (χ0) is 16.8. The van der Waals surface area contributed by atoms with E-state index in [1.165, 1.54) is 28.7 Å². The lowest BCUT2D eigenvalue weighted by Gasteiger charge is -2.34. The van der Waals surface area contributed by atoms with Crippen LogP contribution in [0, 0.1) is 19.8 Å². The highest BCUT2D eigenvalue weighted by Gasteiger charge is 2.24. The van der Waals surface area contributed by atoms with Gasteiger partial charge in [0.2, 0.25) is 0 Å². The Kier molecular flexibility index (Phi) is 6.37. The molecule has 3 rings (SSSR count). The molecule has 2 N–H and O–H groups in total. The minimum atomic E-state index is 0.509. The van der Waals surface area contributed by atoms with Gasteiger partial charge in [-0.2, -0.15) is 0 Å². The van der Waals surface area contributed by atoms with Crippen molar-refractivity contribution in [3.63, 3.8) is 0 Å². The first-order valence-electron chi connectivity index (χ1n) is 8.57. The highest BCUT2D eigenvalue weighted by molar-refractivity contribution is 5.33. The minimum absolute atomic E-state index is 0.509. The number of hydrogen-bond donors (Lipinski definition) is 1. The van der Waals surface area contributed by atoms with Gasteiger partial charge in [0, 0.05) is 12.6 Å². The van der Waals surface area contributed by atoms with Crippen molar-refractivity contribution in [2.45, 2.75) is 53.1 Å².